The molecule has 0 radical (unpaired) electrons. The van der Waals surface area contributed by atoms with Crippen LogP contribution in [0.1, 0.15) is 168 Å². The number of hydrogen-bond donors (Lipinski definition) is 2. The maximum atomic E-state index is 14.4. The lowest BCUT2D eigenvalue weighted by Crippen LogP contribution is -2.37. The largest absolute Gasteiger partial charge is 0.469 e. The summed E-state index contributed by atoms with van der Waals surface area (Å²) in [6.45, 7) is 4.74. The predicted molar refractivity (Wildman–Crippen MR) is 162 cm³/mol. The Hall–Kier alpha value is -2.22. The lowest BCUT2D eigenvalue weighted by Gasteiger charge is -2.31. The molecule has 3 saturated carbocycles. The van der Waals surface area contributed by atoms with E-state index in [2.05, 4.69) is 28.5 Å². The van der Waals surface area contributed by atoms with E-state index in [0.29, 0.717) is 31.7 Å². The van der Waals surface area contributed by atoms with E-state index in [1.807, 2.05) is 0 Å². The van der Waals surface area contributed by atoms with Gasteiger partial charge in [-0.25, -0.2) is 4.39 Å². The lowest BCUT2D eigenvalue weighted by atomic mass is 9.77. The molecule has 1 aromatic rings. The minimum absolute atomic E-state index is 0.0270. The summed E-state index contributed by atoms with van der Waals surface area (Å²) in [5, 5.41) is 14.3. The molecule has 1 amide bonds. The van der Waals surface area contributed by atoms with Crippen molar-refractivity contribution in [2.45, 2.75) is 166 Å². The average Bonchev–Trinajstić information content (AvgIpc) is 3.33. The molecule has 1 heterocycles. The third-order valence-corrected chi connectivity index (χ3v) is 9.87. The third kappa shape index (κ3) is 8.23. The molecule has 3 aliphatic carbocycles. The summed E-state index contributed by atoms with van der Waals surface area (Å²) in [4.78, 5) is 38.2. The second-order valence-corrected chi connectivity index (χ2v) is 13.4. The summed E-state index contributed by atoms with van der Waals surface area (Å²) < 4.78 is 21.3. The van der Waals surface area contributed by atoms with Crippen molar-refractivity contribution in [3.63, 3.8) is 0 Å². The number of aromatic nitrogens is 1. The molecule has 0 spiro atoms. The van der Waals surface area contributed by atoms with Crippen molar-refractivity contribution in [2.24, 2.45) is 0 Å². The molecule has 236 valence electrons. The minimum Gasteiger partial charge on any atom is -0.469 e. The number of rotatable bonds is 12. The number of ketones is 1. The molecule has 8 heteroatoms. The van der Waals surface area contributed by atoms with Gasteiger partial charge >= 0.3 is 5.97 Å². The topological polar surface area (TPSA) is 97.6 Å². The Bertz CT molecular complexity index is 1060. The predicted octanol–water partition coefficient (Wildman–Crippen LogP) is 6.99. The van der Waals surface area contributed by atoms with Crippen molar-refractivity contribution in [1.29, 1.82) is 0 Å². The number of hydrogen-bond acceptors (Lipinski definition) is 5. The molecule has 0 aliphatic heterocycles. The number of aliphatic hydroxyl groups excluding tert-OH is 1. The monoisotopic (exact) mass is 588 g/mol. The van der Waals surface area contributed by atoms with Crippen LogP contribution in [0.3, 0.4) is 0 Å². The first kappa shape index (κ1) is 32.7. The van der Waals surface area contributed by atoms with Gasteiger partial charge < -0.3 is 19.7 Å². The zero-order chi connectivity index (χ0) is 30.2. The van der Waals surface area contributed by atoms with Crippen LogP contribution in [-0.4, -0.2) is 52.8 Å². The Morgan fingerprint density at radius 1 is 0.929 bits per heavy atom. The van der Waals surface area contributed by atoms with E-state index in [1.54, 1.807) is 0 Å². The van der Waals surface area contributed by atoms with E-state index in [-0.39, 0.29) is 42.4 Å². The molecular weight excluding hydrogens is 535 g/mol. The fraction of sp³-hybridized carbons (Fsp3) is 0.794. The summed E-state index contributed by atoms with van der Waals surface area (Å²) in [5.41, 5.74) is 4.20. The first-order valence-corrected chi connectivity index (χ1v) is 16.7. The number of aliphatic hydroxyl groups is 1. The van der Waals surface area contributed by atoms with Gasteiger partial charge in [0.1, 0.15) is 18.4 Å². The number of nitrogens with one attached hydrogen (secondary N) is 1. The van der Waals surface area contributed by atoms with Crippen molar-refractivity contribution in [3.8, 4) is 0 Å². The van der Waals surface area contributed by atoms with E-state index >= 15 is 0 Å². The summed E-state index contributed by atoms with van der Waals surface area (Å²) in [6.07, 6.45) is 11.9. The first-order chi connectivity index (χ1) is 20.2. The van der Waals surface area contributed by atoms with Crippen LogP contribution in [0, 0.1) is 0 Å². The van der Waals surface area contributed by atoms with Crippen LogP contribution >= 0.6 is 0 Å². The second-order valence-electron chi connectivity index (χ2n) is 13.4. The molecule has 3 aliphatic rings. The smallest absolute Gasteiger partial charge is 0.313 e. The number of halogens is 1. The molecule has 1 unspecified atom stereocenters. The van der Waals surface area contributed by atoms with Gasteiger partial charge in [-0.05, 0) is 81.1 Å². The van der Waals surface area contributed by atoms with Crippen LogP contribution in [0.2, 0.25) is 0 Å². The zero-order valence-corrected chi connectivity index (χ0v) is 26.1. The molecule has 0 saturated heterocycles. The molecule has 1 aromatic heterocycles. The number of methoxy groups -OCH3 is 1. The molecule has 0 aromatic carbocycles. The first-order valence-electron chi connectivity index (χ1n) is 16.7. The van der Waals surface area contributed by atoms with Crippen LogP contribution in [0.4, 0.5) is 4.39 Å². The van der Waals surface area contributed by atoms with Crippen LogP contribution in [-0.2, 0) is 20.9 Å². The van der Waals surface area contributed by atoms with Gasteiger partial charge in [0.05, 0.1) is 18.8 Å². The molecule has 7 nitrogen and oxygen atoms in total. The van der Waals surface area contributed by atoms with Gasteiger partial charge in [0.2, 0.25) is 0 Å². The number of carbonyl (C=O) groups excluding carboxylic acids is 3. The maximum absolute atomic E-state index is 14.4. The summed E-state index contributed by atoms with van der Waals surface area (Å²) in [6, 6.07) is 0.196. The van der Waals surface area contributed by atoms with Gasteiger partial charge in [-0.15, -0.1) is 0 Å². The molecule has 4 rings (SSSR count). The Morgan fingerprint density at radius 2 is 1.55 bits per heavy atom. The Balaban J connectivity index is 1.74. The zero-order valence-electron chi connectivity index (χ0n) is 26.1. The fourth-order valence-corrected chi connectivity index (χ4v) is 7.78. The number of amides is 1. The number of alkyl halides is 1. The van der Waals surface area contributed by atoms with Gasteiger partial charge in [-0.1, -0.05) is 52.4 Å². The average molecular weight is 589 g/mol. The van der Waals surface area contributed by atoms with E-state index < -0.39 is 18.2 Å². The van der Waals surface area contributed by atoms with Gasteiger partial charge in [-0.3, -0.25) is 14.4 Å². The fourth-order valence-electron chi connectivity index (χ4n) is 7.78. The van der Waals surface area contributed by atoms with Crippen LogP contribution in [0.25, 0.3) is 0 Å². The molecule has 42 heavy (non-hydrogen) atoms. The highest BCUT2D eigenvalue weighted by Crippen LogP contribution is 2.47. The summed E-state index contributed by atoms with van der Waals surface area (Å²) in [7, 11) is 1.25. The number of nitrogens with zero attached hydrogens (tertiary/aromatic N) is 1. The van der Waals surface area contributed by atoms with Gasteiger partial charge in [-0.2, -0.15) is 0 Å². The highest BCUT2D eigenvalue weighted by atomic mass is 19.1. The van der Waals surface area contributed by atoms with E-state index in [1.165, 1.54) is 31.2 Å². The van der Waals surface area contributed by atoms with Crippen molar-refractivity contribution in [2.75, 3.05) is 7.11 Å². The number of ether oxygens (including phenoxy) is 1. The summed E-state index contributed by atoms with van der Waals surface area (Å²) >= 11 is 0. The Morgan fingerprint density at radius 3 is 2.14 bits per heavy atom. The highest BCUT2D eigenvalue weighted by Gasteiger charge is 2.37. The van der Waals surface area contributed by atoms with Crippen LogP contribution in [0.15, 0.2) is 0 Å². The van der Waals surface area contributed by atoms with E-state index in [0.717, 1.165) is 75.5 Å². The van der Waals surface area contributed by atoms with E-state index in [9.17, 15) is 23.9 Å². The van der Waals surface area contributed by atoms with Crippen molar-refractivity contribution >= 4 is 17.7 Å². The Labute approximate surface area is 251 Å². The lowest BCUT2D eigenvalue weighted by molar-refractivity contribution is -0.143. The van der Waals surface area contributed by atoms with Gasteiger partial charge in [0.15, 0.2) is 0 Å². The van der Waals surface area contributed by atoms with Crippen molar-refractivity contribution in [3.05, 3.63) is 22.5 Å². The second kappa shape index (κ2) is 15.5. The van der Waals surface area contributed by atoms with E-state index in [4.69, 9.17) is 0 Å². The molecule has 0 bridgehead atoms. The molecule has 1 atom stereocenters. The van der Waals surface area contributed by atoms with Crippen molar-refractivity contribution in [1.82, 2.24) is 9.88 Å². The van der Waals surface area contributed by atoms with Crippen molar-refractivity contribution < 1.29 is 28.6 Å². The summed E-state index contributed by atoms with van der Waals surface area (Å²) in [5.74, 6) is -0.378. The van der Waals surface area contributed by atoms with Gasteiger partial charge in [0.25, 0.3) is 5.91 Å². The molecule has 2 N–H and O–H groups in total. The number of carbonyl (C=O) groups is 3. The molecular formula is C34H53FN2O5. The quantitative estimate of drug-likeness (QED) is 0.203. The number of esters is 1. The number of Topliss-reactive ketones (excluding diaryl/α,β-unsaturated/α-hetero) is 1. The van der Waals surface area contributed by atoms with Gasteiger partial charge in [0, 0.05) is 30.4 Å². The minimum atomic E-state index is -0.906. The third-order valence-electron chi connectivity index (χ3n) is 9.87. The molecule has 3 fully saturated rings. The SMILES string of the molecule is COC(=O)CC(=O)CC(O)CCn1c(C(C)C)c(C(=O)NC2CCCCC2)c(C2CCCCC2)c1C1CCC(F)CC1. The normalized spacial score (nSPS) is 23.1. The standard InChI is InChI=1S/C34H53FN2O5/c1-22(2)32-31(34(41)36-26-12-8-5-9-13-26)30(23-10-6-4-7-11-23)33(24-14-16-25(35)17-15-24)37(32)19-18-27(38)20-28(39)21-29(40)42-3/h22-27,38H,4-21H2,1-3H3,(H,36,41). The Kier molecular flexibility index (Phi) is 12.1. The highest BCUT2D eigenvalue weighted by molar-refractivity contribution is 5.98. The van der Waals surface area contributed by atoms with Crippen LogP contribution in [0.5, 0.6) is 0 Å². The van der Waals surface area contributed by atoms with Crippen LogP contribution < -0.4 is 5.32 Å². The maximum Gasteiger partial charge on any atom is 0.313 e.